The quantitative estimate of drug-likeness (QED) is 0.575. The number of carbonyl (C=O) groups is 1. The topological polar surface area (TPSA) is 65.8 Å². The maximum absolute atomic E-state index is 12.7. The number of carbonyl (C=O) groups excluding carboxylic acids is 1. The van der Waals surface area contributed by atoms with Crippen LogP contribution in [0.5, 0.6) is 0 Å². The lowest BCUT2D eigenvalue weighted by atomic mass is 9.71. The summed E-state index contributed by atoms with van der Waals surface area (Å²) < 4.78 is 0. The fourth-order valence-electron chi connectivity index (χ4n) is 3.75. The molecule has 1 aliphatic rings. The van der Waals surface area contributed by atoms with Gasteiger partial charge in [-0.25, -0.2) is 4.98 Å². The fourth-order valence-corrected chi connectivity index (χ4v) is 4.82. The molecular weight excluding hydrogens is 414 g/mol. The number of aryl methyl sites for hydroxylation is 1. The first kappa shape index (κ1) is 22.7. The summed E-state index contributed by atoms with van der Waals surface area (Å²) in [5.41, 5.74) is 4.56. The van der Waals surface area contributed by atoms with Gasteiger partial charge in [0.05, 0.1) is 10.8 Å². The first-order chi connectivity index (χ1) is 14.1. The highest BCUT2D eigenvalue weighted by Gasteiger charge is 2.30. The van der Waals surface area contributed by atoms with E-state index in [0.29, 0.717) is 27.2 Å². The molecular formula is C24H28ClN3OS. The van der Waals surface area contributed by atoms with Crippen molar-refractivity contribution in [2.45, 2.75) is 64.2 Å². The van der Waals surface area contributed by atoms with Crippen molar-refractivity contribution in [2.24, 2.45) is 11.3 Å². The number of benzene rings is 1. The van der Waals surface area contributed by atoms with Gasteiger partial charge in [0.2, 0.25) is 5.91 Å². The zero-order valence-corrected chi connectivity index (χ0v) is 19.7. The Morgan fingerprint density at radius 2 is 2.13 bits per heavy atom. The Balaban J connectivity index is 1.77. The smallest absolute Gasteiger partial charge is 0.237 e. The summed E-state index contributed by atoms with van der Waals surface area (Å²) in [6.45, 7) is 10.5. The molecule has 0 aliphatic heterocycles. The average Bonchev–Trinajstić information content (AvgIpc) is 2.69. The standard InChI is InChI=1S/C24H28ClN3OS/c1-14-19(25)7-6-8-20(14)27-22(29)15(2)30-23-17(13-26)11-16-12-18(24(3,4)5)9-10-21(16)28-23/h6-8,11,15,18H,9-10,12H2,1-5H3,(H,27,29). The molecule has 4 nitrogen and oxygen atoms in total. The molecule has 2 unspecified atom stereocenters. The number of hydrogen-bond donors (Lipinski definition) is 1. The van der Waals surface area contributed by atoms with Gasteiger partial charge in [-0.2, -0.15) is 5.26 Å². The first-order valence-corrected chi connectivity index (χ1v) is 11.5. The van der Waals surface area contributed by atoms with Crippen LogP contribution in [-0.4, -0.2) is 16.1 Å². The van der Waals surface area contributed by atoms with Crippen LogP contribution in [0.3, 0.4) is 0 Å². The molecule has 0 spiro atoms. The van der Waals surface area contributed by atoms with Gasteiger partial charge in [0.1, 0.15) is 11.1 Å². The van der Waals surface area contributed by atoms with Crippen molar-refractivity contribution >= 4 is 35.0 Å². The van der Waals surface area contributed by atoms with Crippen LogP contribution in [0.15, 0.2) is 29.3 Å². The molecule has 6 heteroatoms. The fraction of sp³-hybridized carbons (Fsp3) is 0.458. The van der Waals surface area contributed by atoms with E-state index in [1.54, 1.807) is 6.07 Å². The highest BCUT2D eigenvalue weighted by molar-refractivity contribution is 8.00. The Labute approximate surface area is 188 Å². The molecule has 158 valence electrons. The Morgan fingerprint density at radius 3 is 2.80 bits per heavy atom. The molecule has 30 heavy (non-hydrogen) atoms. The Bertz CT molecular complexity index is 1010. The number of anilines is 1. The third kappa shape index (κ3) is 4.99. The van der Waals surface area contributed by atoms with Gasteiger partial charge in [-0.1, -0.05) is 50.2 Å². The molecule has 2 aromatic rings. The zero-order chi connectivity index (χ0) is 22.1. The van der Waals surface area contributed by atoms with Crippen molar-refractivity contribution in [1.29, 1.82) is 5.26 Å². The summed E-state index contributed by atoms with van der Waals surface area (Å²) >= 11 is 7.48. The van der Waals surface area contributed by atoms with E-state index in [1.807, 2.05) is 32.0 Å². The number of nitriles is 1. The van der Waals surface area contributed by atoms with E-state index in [9.17, 15) is 10.1 Å². The molecule has 1 aromatic heterocycles. The number of thioether (sulfide) groups is 1. The maximum atomic E-state index is 12.7. The second-order valence-corrected chi connectivity index (χ2v) is 10.8. The molecule has 1 aromatic carbocycles. The molecule has 0 saturated carbocycles. The van der Waals surface area contributed by atoms with Crippen molar-refractivity contribution in [3.8, 4) is 6.07 Å². The van der Waals surface area contributed by atoms with Crippen molar-refractivity contribution < 1.29 is 4.79 Å². The van der Waals surface area contributed by atoms with Crippen LogP contribution in [0.2, 0.25) is 5.02 Å². The maximum Gasteiger partial charge on any atom is 0.237 e. The first-order valence-electron chi connectivity index (χ1n) is 10.3. The van der Waals surface area contributed by atoms with Crippen LogP contribution < -0.4 is 5.32 Å². The summed E-state index contributed by atoms with van der Waals surface area (Å²) in [5, 5.41) is 13.5. The molecule has 1 aliphatic carbocycles. The van der Waals surface area contributed by atoms with E-state index in [0.717, 1.165) is 30.5 Å². The lowest BCUT2D eigenvalue weighted by Gasteiger charge is -2.34. The van der Waals surface area contributed by atoms with Crippen molar-refractivity contribution in [3.05, 3.63) is 51.7 Å². The summed E-state index contributed by atoms with van der Waals surface area (Å²) in [6.07, 6.45) is 2.97. The van der Waals surface area contributed by atoms with Gasteiger partial charge in [0.25, 0.3) is 0 Å². The predicted molar refractivity (Wildman–Crippen MR) is 124 cm³/mol. The van der Waals surface area contributed by atoms with E-state index >= 15 is 0 Å². The predicted octanol–water partition coefficient (Wildman–Crippen LogP) is 6.19. The monoisotopic (exact) mass is 441 g/mol. The van der Waals surface area contributed by atoms with Crippen LogP contribution in [0.4, 0.5) is 5.69 Å². The molecule has 0 saturated heterocycles. The molecule has 1 N–H and O–H groups in total. The van der Waals surface area contributed by atoms with Crippen LogP contribution in [0.25, 0.3) is 0 Å². The second kappa shape index (κ2) is 8.99. The minimum absolute atomic E-state index is 0.137. The molecule has 3 rings (SSSR count). The van der Waals surface area contributed by atoms with E-state index < -0.39 is 5.25 Å². The minimum Gasteiger partial charge on any atom is -0.325 e. The van der Waals surface area contributed by atoms with E-state index in [4.69, 9.17) is 16.6 Å². The van der Waals surface area contributed by atoms with Gasteiger partial charge in [-0.05, 0) is 73.8 Å². The highest BCUT2D eigenvalue weighted by atomic mass is 35.5. The van der Waals surface area contributed by atoms with Gasteiger partial charge in [0.15, 0.2) is 0 Å². The van der Waals surface area contributed by atoms with Crippen LogP contribution in [0, 0.1) is 29.6 Å². The van der Waals surface area contributed by atoms with E-state index in [-0.39, 0.29) is 11.3 Å². The number of nitrogens with one attached hydrogen (secondary N) is 1. The molecule has 0 radical (unpaired) electrons. The minimum atomic E-state index is -0.396. The number of fused-ring (bicyclic) bond motifs is 1. The van der Waals surface area contributed by atoms with Crippen molar-refractivity contribution in [3.63, 3.8) is 0 Å². The van der Waals surface area contributed by atoms with Gasteiger partial charge in [-0.3, -0.25) is 4.79 Å². The Kier molecular flexibility index (Phi) is 6.79. The number of nitrogens with zero attached hydrogens (tertiary/aromatic N) is 2. The number of halogens is 1. The summed E-state index contributed by atoms with van der Waals surface area (Å²) in [5.74, 6) is 0.448. The molecule has 0 fully saturated rings. The van der Waals surface area contributed by atoms with E-state index in [1.165, 1.54) is 17.3 Å². The largest absolute Gasteiger partial charge is 0.325 e. The SMILES string of the molecule is Cc1c(Cl)cccc1NC(=O)C(C)Sc1nc2c(cc1C#N)CC(C(C)(C)C)CC2. The number of pyridine rings is 1. The molecule has 2 atom stereocenters. The normalized spacial score (nSPS) is 17.0. The number of aromatic nitrogens is 1. The number of amides is 1. The third-order valence-corrected chi connectivity index (χ3v) is 7.39. The zero-order valence-electron chi connectivity index (χ0n) is 18.2. The summed E-state index contributed by atoms with van der Waals surface area (Å²) in [4.78, 5) is 17.5. The third-order valence-electron chi connectivity index (χ3n) is 5.88. The van der Waals surface area contributed by atoms with E-state index in [2.05, 4.69) is 32.2 Å². The number of rotatable bonds is 4. The van der Waals surface area contributed by atoms with Crippen molar-refractivity contribution in [1.82, 2.24) is 4.98 Å². The van der Waals surface area contributed by atoms with Crippen LogP contribution in [0.1, 0.15) is 56.5 Å². The molecule has 1 amide bonds. The summed E-state index contributed by atoms with van der Waals surface area (Å²) in [6, 6.07) is 9.70. The van der Waals surface area contributed by atoms with Crippen LogP contribution >= 0.6 is 23.4 Å². The molecule has 1 heterocycles. The van der Waals surface area contributed by atoms with Gasteiger partial charge in [0, 0.05) is 16.4 Å². The van der Waals surface area contributed by atoms with Gasteiger partial charge < -0.3 is 5.32 Å². The van der Waals surface area contributed by atoms with Crippen LogP contribution in [-0.2, 0) is 17.6 Å². The lowest BCUT2D eigenvalue weighted by molar-refractivity contribution is -0.115. The van der Waals surface area contributed by atoms with Gasteiger partial charge >= 0.3 is 0 Å². The Hall–Kier alpha value is -2.03. The van der Waals surface area contributed by atoms with Crippen molar-refractivity contribution in [2.75, 3.05) is 5.32 Å². The number of hydrogen-bond acceptors (Lipinski definition) is 4. The summed E-state index contributed by atoms with van der Waals surface area (Å²) in [7, 11) is 0. The van der Waals surface area contributed by atoms with Gasteiger partial charge in [-0.15, -0.1) is 0 Å². The molecule has 0 bridgehead atoms. The Morgan fingerprint density at radius 1 is 1.40 bits per heavy atom. The lowest BCUT2D eigenvalue weighted by Crippen LogP contribution is -2.28. The average molecular weight is 442 g/mol. The second-order valence-electron chi connectivity index (χ2n) is 9.03. The highest BCUT2D eigenvalue weighted by Crippen LogP contribution is 2.38.